The van der Waals surface area contributed by atoms with Crippen molar-refractivity contribution in [2.75, 3.05) is 26.2 Å². The molecule has 0 spiro atoms. The summed E-state index contributed by atoms with van der Waals surface area (Å²) in [5.41, 5.74) is 0.263. The van der Waals surface area contributed by atoms with Crippen LogP contribution in [0.1, 0.15) is 25.3 Å². The van der Waals surface area contributed by atoms with E-state index < -0.39 is 4.92 Å². The van der Waals surface area contributed by atoms with Gasteiger partial charge >= 0.3 is 0 Å². The van der Waals surface area contributed by atoms with Crippen molar-refractivity contribution in [2.24, 2.45) is 0 Å². The van der Waals surface area contributed by atoms with Gasteiger partial charge in [0.05, 0.1) is 17.5 Å². The molecule has 0 radical (unpaired) electrons. The summed E-state index contributed by atoms with van der Waals surface area (Å²) in [5.74, 6) is 0.628. The van der Waals surface area contributed by atoms with Crippen LogP contribution in [0.3, 0.4) is 0 Å². The molecule has 0 aromatic heterocycles. The molecule has 0 bridgehead atoms. The Morgan fingerprint density at radius 3 is 2.74 bits per heavy atom. The number of nitro benzene ring substituents is 1. The molecule has 2 aliphatic heterocycles. The van der Waals surface area contributed by atoms with Crippen molar-refractivity contribution in [3.05, 3.63) is 58.2 Å². The third-order valence-corrected chi connectivity index (χ3v) is 5.60. The van der Waals surface area contributed by atoms with Crippen LogP contribution in [0.2, 0.25) is 0 Å². The van der Waals surface area contributed by atoms with E-state index in [-0.39, 0.29) is 29.0 Å². The second-order valence-corrected chi connectivity index (χ2v) is 7.64. The highest BCUT2D eigenvalue weighted by Gasteiger charge is 2.31. The first-order chi connectivity index (χ1) is 14.9. The maximum atomic E-state index is 10.9. The molecule has 2 aromatic rings. The van der Waals surface area contributed by atoms with Crippen molar-refractivity contribution in [1.29, 1.82) is 0 Å². The smallest absolute Gasteiger partial charge is 0.269 e. The van der Waals surface area contributed by atoms with Crippen molar-refractivity contribution < 1.29 is 24.7 Å². The lowest BCUT2D eigenvalue weighted by molar-refractivity contribution is -0.384. The molecule has 2 N–H and O–H groups in total. The molecular weight excluding hydrogens is 402 g/mol. The van der Waals surface area contributed by atoms with Gasteiger partial charge in [0.1, 0.15) is 28.6 Å². The Morgan fingerprint density at radius 1 is 1.26 bits per heavy atom. The molecule has 4 rings (SSSR count). The molecule has 1 unspecified atom stereocenters. The van der Waals surface area contributed by atoms with Crippen LogP contribution in [-0.4, -0.2) is 57.3 Å². The summed E-state index contributed by atoms with van der Waals surface area (Å²) < 4.78 is 5.84. The number of hydrogen-bond acceptors (Lipinski definition) is 8. The number of ether oxygens (including phenoxy) is 1. The molecule has 164 valence electrons. The van der Waals surface area contributed by atoms with Crippen LogP contribution in [0.15, 0.2) is 42.5 Å². The van der Waals surface area contributed by atoms with Gasteiger partial charge in [-0.15, -0.1) is 5.06 Å². The van der Waals surface area contributed by atoms with Crippen LogP contribution < -0.4 is 4.74 Å². The van der Waals surface area contributed by atoms with Crippen LogP contribution in [0.25, 0.3) is 5.76 Å². The number of piperidine rings is 1. The standard InChI is InChI=1S/C22H25N3O6/c1-2-23-10-3-4-16(14-23)24-11-9-20(31-24)22-19(27)12-17(26)13-21(22)30-18-7-5-15(6-8-18)25(28)29/h5-9,12-13,16,26-27H,2-4,10-11,14H2,1H3. The van der Waals surface area contributed by atoms with Gasteiger partial charge in [0, 0.05) is 30.8 Å². The minimum Gasteiger partial charge on any atom is -0.508 e. The van der Waals surface area contributed by atoms with E-state index in [1.807, 2.05) is 11.1 Å². The lowest BCUT2D eigenvalue weighted by Gasteiger charge is -2.36. The van der Waals surface area contributed by atoms with Gasteiger partial charge < -0.3 is 24.7 Å². The number of nitrogens with zero attached hydrogens (tertiary/aromatic N) is 3. The van der Waals surface area contributed by atoms with E-state index in [9.17, 15) is 20.3 Å². The van der Waals surface area contributed by atoms with E-state index >= 15 is 0 Å². The van der Waals surface area contributed by atoms with Crippen LogP contribution in [-0.2, 0) is 4.84 Å². The fourth-order valence-electron chi connectivity index (χ4n) is 3.98. The molecule has 1 atom stereocenters. The van der Waals surface area contributed by atoms with E-state index in [2.05, 4.69) is 11.8 Å². The van der Waals surface area contributed by atoms with Crippen molar-refractivity contribution in [3.8, 4) is 23.0 Å². The Bertz CT molecular complexity index is 991. The highest BCUT2D eigenvalue weighted by Crippen LogP contribution is 2.42. The summed E-state index contributed by atoms with van der Waals surface area (Å²) in [4.78, 5) is 18.8. The number of phenolic OH excluding ortho intramolecular Hbond substituents is 2. The van der Waals surface area contributed by atoms with E-state index in [0.29, 0.717) is 23.6 Å². The largest absolute Gasteiger partial charge is 0.508 e. The molecule has 0 saturated carbocycles. The maximum absolute atomic E-state index is 10.9. The summed E-state index contributed by atoms with van der Waals surface area (Å²) in [6.07, 6.45) is 4.01. The Labute approximate surface area is 179 Å². The lowest BCUT2D eigenvalue weighted by atomic mass is 10.1. The minimum absolute atomic E-state index is 0.0580. The quantitative estimate of drug-likeness (QED) is 0.528. The molecule has 9 nitrogen and oxygen atoms in total. The zero-order chi connectivity index (χ0) is 22.0. The van der Waals surface area contributed by atoms with Gasteiger partial charge in [0.15, 0.2) is 5.76 Å². The maximum Gasteiger partial charge on any atom is 0.269 e. The number of likely N-dealkylation sites (N-methyl/N-ethyl adjacent to an activating group) is 1. The van der Waals surface area contributed by atoms with Crippen LogP contribution in [0.4, 0.5) is 5.69 Å². The topological polar surface area (TPSA) is 109 Å². The Morgan fingerprint density at radius 2 is 2.03 bits per heavy atom. The number of benzene rings is 2. The van der Waals surface area contributed by atoms with E-state index in [1.165, 1.54) is 36.4 Å². The van der Waals surface area contributed by atoms with Crippen LogP contribution >= 0.6 is 0 Å². The normalized spacial score (nSPS) is 19.6. The van der Waals surface area contributed by atoms with Gasteiger partial charge in [-0.2, -0.15) is 0 Å². The molecule has 0 amide bonds. The van der Waals surface area contributed by atoms with Gasteiger partial charge in [0.2, 0.25) is 0 Å². The number of nitro groups is 1. The fourth-order valence-corrected chi connectivity index (χ4v) is 3.98. The summed E-state index contributed by atoms with van der Waals surface area (Å²) in [6, 6.07) is 8.43. The number of hydrogen-bond donors (Lipinski definition) is 2. The Kier molecular flexibility index (Phi) is 5.97. The lowest BCUT2D eigenvalue weighted by Crippen LogP contribution is -2.46. The third kappa shape index (κ3) is 4.57. The van der Waals surface area contributed by atoms with E-state index in [0.717, 1.165) is 32.5 Å². The average Bonchev–Trinajstić information content (AvgIpc) is 3.23. The summed E-state index contributed by atoms with van der Waals surface area (Å²) >= 11 is 0. The molecule has 1 fully saturated rings. The van der Waals surface area contributed by atoms with Gasteiger partial charge in [-0.3, -0.25) is 10.1 Å². The number of hydroxylamine groups is 2. The van der Waals surface area contributed by atoms with Crippen molar-refractivity contribution in [3.63, 3.8) is 0 Å². The highest BCUT2D eigenvalue weighted by molar-refractivity contribution is 5.73. The molecule has 31 heavy (non-hydrogen) atoms. The number of aromatic hydroxyl groups is 2. The van der Waals surface area contributed by atoms with E-state index in [1.54, 1.807) is 0 Å². The molecule has 1 saturated heterocycles. The van der Waals surface area contributed by atoms with Gasteiger partial charge in [-0.05, 0) is 44.1 Å². The Balaban J connectivity index is 1.55. The predicted molar refractivity (Wildman–Crippen MR) is 114 cm³/mol. The van der Waals surface area contributed by atoms with Crippen molar-refractivity contribution in [2.45, 2.75) is 25.8 Å². The van der Waals surface area contributed by atoms with Gasteiger partial charge in [-0.1, -0.05) is 6.92 Å². The second kappa shape index (κ2) is 8.83. The first kappa shape index (κ1) is 21.0. The number of phenols is 2. The summed E-state index contributed by atoms with van der Waals surface area (Å²) in [5, 5.41) is 33.3. The minimum atomic E-state index is -0.494. The van der Waals surface area contributed by atoms with Gasteiger partial charge in [-0.25, -0.2) is 0 Å². The molecular formula is C22H25N3O6. The highest BCUT2D eigenvalue weighted by atomic mass is 16.7. The first-order valence-corrected chi connectivity index (χ1v) is 10.3. The summed E-state index contributed by atoms with van der Waals surface area (Å²) in [7, 11) is 0. The number of non-ortho nitro benzene ring substituents is 1. The third-order valence-electron chi connectivity index (χ3n) is 5.60. The average molecular weight is 427 g/mol. The number of likely N-dealkylation sites (tertiary alicyclic amines) is 1. The van der Waals surface area contributed by atoms with Crippen molar-refractivity contribution >= 4 is 11.4 Å². The van der Waals surface area contributed by atoms with Gasteiger partial charge in [0.25, 0.3) is 5.69 Å². The Hall–Kier alpha value is -3.30. The molecule has 0 aliphatic carbocycles. The molecule has 2 aliphatic rings. The number of rotatable bonds is 6. The van der Waals surface area contributed by atoms with E-state index in [4.69, 9.17) is 9.57 Å². The summed E-state index contributed by atoms with van der Waals surface area (Å²) in [6.45, 7) is 5.73. The predicted octanol–water partition coefficient (Wildman–Crippen LogP) is 3.87. The van der Waals surface area contributed by atoms with Crippen LogP contribution in [0.5, 0.6) is 23.0 Å². The van der Waals surface area contributed by atoms with Crippen LogP contribution in [0, 0.1) is 10.1 Å². The first-order valence-electron chi connectivity index (χ1n) is 10.3. The molecule has 2 heterocycles. The monoisotopic (exact) mass is 427 g/mol. The zero-order valence-electron chi connectivity index (χ0n) is 17.2. The fraction of sp³-hybridized carbons (Fsp3) is 0.364. The second-order valence-electron chi connectivity index (χ2n) is 7.64. The van der Waals surface area contributed by atoms with Crippen molar-refractivity contribution in [1.82, 2.24) is 9.96 Å². The SMILES string of the molecule is CCN1CCCC(N2CC=C(c3c(O)cc(O)cc3Oc3ccc([N+](=O)[O-])cc3)O2)C1. The molecule has 2 aromatic carbocycles. The zero-order valence-corrected chi connectivity index (χ0v) is 17.2. The molecule has 9 heteroatoms.